The number of hydrogen-bond acceptors (Lipinski definition) is 2. The second kappa shape index (κ2) is 2.10. The highest BCUT2D eigenvalue weighted by molar-refractivity contribution is 5.35. The first-order chi connectivity index (χ1) is 5.87. The lowest BCUT2D eigenvalue weighted by Gasteiger charge is -2.37. The van der Waals surface area contributed by atoms with Crippen molar-refractivity contribution in [3.63, 3.8) is 0 Å². The summed E-state index contributed by atoms with van der Waals surface area (Å²) in [6.45, 7) is 6.14. The second-order valence-electron chi connectivity index (χ2n) is 5.10. The lowest BCUT2D eigenvalue weighted by Crippen LogP contribution is -2.46. The maximum Gasteiger partial charge on any atom is 0.162 e. The normalized spacial score (nSPS) is 52.1. The molecule has 0 aromatic carbocycles. The molecule has 2 aliphatic rings. The predicted octanol–water partition coefficient (Wildman–Crippen LogP) is 1.33. The second-order valence-corrected chi connectivity index (χ2v) is 5.10. The van der Waals surface area contributed by atoms with Crippen LogP contribution in [-0.2, 0) is 4.74 Å². The summed E-state index contributed by atoms with van der Waals surface area (Å²) in [5.41, 5.74) is -0.837. The molecule has 0 unspecified atom stereocenters. The Balaban J connectivity index is 2.38. The van der Waals surface area contributed by atoms with Gasteiger partial charge in [0.15, 0.2) is 5.60 Å². The van der Waals surface area contributed by atoms with Crippen molar-refractivity contribution >= 4 is 0 Å². The van der Waals surface area contributed by atoms with Gasteiger partial charge in [0.2, 0.25) is 0 Å². The molecular weight excluding hydrogens is 164 g/mol. The van der Waals surface area contributed by atoms with Crippen molar-refractivity contribution in [2.24, 2.45) is 5.41 Å². The summed E-state index contributed by atoms with van der Waals surface area (Å²) >= 11 is 0. The minimum atomic E-state index is -0.431. The molecule has 0 amide bonds. The molecule has 1 saturated heterocycles. The third kappa shape index (κ3) is 0.868. The molecule has 2 fully saturated rings. The van der Waals surface area contributed by atoms with E-state index >= 15 is 0 Å². The van der Waals surface area contributed by atoms with Gasteiger partial charge in [0.05, 0.1) is 6.10 Å². The van der Waals surface area contributed by atoms with Crippen LogP contribution in [0.25, 0.3) is 0 Å². The van der Waals surface area contributed by atoms with E-state index in [1.807, 2.05) is 6.92 Å². The molecule has 72 valence electrons. The Morgan fingerprint density at radius 2 is 2.00 bits per heavy atom. The molecule has 1 N–H and O–H groups in total. The number of epoxide rings is 1. The van der Waals surface area contributed by atoms with E-state index in [1.54, 1.807) is 0 Å². The van der Waals surface area contributed by atoms with Gasteiger partial charge in [-0.25, -0.2) is 0 Å². The third-order valence-corrected chi connectivity index (χ3v) is 3.61. The Kier molecular flexibility index (Phi) is 1.46. The van der Waals surface area contributed by atoms with Crippen molar-refractivity contribution in [3.05, 3.63) is 0 Å². The molecule has 0 spiro atoms. The summed E-state index contributed by atoms with van der Waals surface area (Å²) in [5.74, 6) is 2.77. The van der Waals surface area contributed by atoms with Crippen LogP contribution < -0.4 is 0 Å². The third-order valence-electron chi connectivity index (χ3n) is 3.61. The molecular formula is C11H16O2. The fourth-order valence-corrected chi connectivity index (χ4v) is 2.98. The van der Waals surface area contributed by atoms with E-state index in [-0.39, 0.29) is 17.1 Å². The summed E-state index contributed by atoms with van der Waals surface area (Å²) in [5, 5.41) is 9.67. The van der Waals surface area contributed by atoms with Crippen LogP contribution in [0.3, 0.4) is 0 Å². The van der Waals surface area contributed by atoms with Crippen LogP contribution in [0.15, 0.2) is 0 Å². The fraction of sp³-hybridized carbons (Fsp3) is 0.818. The molecule has 3 atom stereocenters. The number of terminal acetylenes is 1. The van der Waals surface area contributed by atoms with Gasteiger partial charge in [-0.1, -0.05) is 19.8 Å². The zero-order valence-corrected chi connectivity index (χ0v) is 8.42. The first-order valence-electron chi connectivity index (χ1n) is 4.73. The molecule has 0 aromatic heterocycles. The summed E-state index contributed by atoms with van der Waals surface area (Å²) < 4.78 is 5.69. The number of aliphatic hydroxyl groups is 1. The average molecular weight is 180 g/mol. The highest BCUT2D eigenvalue weighted by Crippen LogP contribution is 2.64. The maximum absolute atomic E-state index is 9.67. The van der Waals surface area contributed by atoms with Crippen LogP contribution in [-0.4, -0.2) is 22.4 Å². The number of ether oxygens (including phenoxy) is 1. The minimum Gasteiger partial charge on any atom is -0.393 e. The lowest BCUT2D eigenvalue weighted by molar-refractivity contribution is 0.0543. The van der Waals surface area contributed by atoms with Crippen LogP contribution in [0.5, 0.6) is 0 Å². The Morgan fingerprint density at radius 3 is 2.46 bits per heavy atom. The van der Waals surface area contributed by atoms with Crippen LogP contribution in [0.2, 0.25) is 0 Å². The molecule has 2 nitrogen and oxygen atoms in total. The molecule has 0 aromatic rings. The van der Waals surface area contributed by atoms with Gasteiger partial charge in [0, 0.05) is 11.8 Å². The van der Waals surface area contributed by atoms with Gasteiger partial charge in [0.1, 0.15) is 5.60 Å². The Bertz CT molecular complexity index is 289. The summed E-state index contributed by atoms with van der Waals surface area (Å²) in [6.07, 6.45) is 6.65. The van der Waals surface area contributed by atoms with Gasteiger partial charge in [-0.2, -0.15) is 0 Å². The van der Waals surface area contributed by atoms with Crippen LogP contribution in [0, 0.1) is 17.8 Å². The number of aliphatic hydroxyl groups excluding tert-OH is 1. The van der Waals surface area contributed by atoms with E-state index < -0.39 is 5.60 Å². The largest absolute Gasteiger partial charge is 0.393 e. The molecule has 1 heterocycles. The van der Waals surface area contributed by atoms with Crippen molar-refractivity contribution in [3.8, 4) is 12.3 Å². The van der Waals surface area contributed by atoms with Crippen molar-refractivity contribution in [1.29, 1.82) is 0 Å². The number of hydrogen-bond donors (Lipinski definition) is 1. The fourth-order valence-electron chi connectivity index (χ4n) is 2.98. The maximum atomic E-state index is 9.67. The molecule has 1 aliphatic carbocycles. The van der Waals surface area contributed by atoms with Gasteiger partial charge in [-0.3, -0.25) is 0 Å². The Morgan fingerprint density at radius 1 is 1.38 bits per heavy atom. The van der Waals surface area contributed by atoms with Gasteiger partial charge < -0.3 is 9.84 Å². The lowest BCUT2D eigenvalue weighted by atomic mass is 9.63. The topological polar surface area (TPSA) is 32.8 Å². The molecule has 2 heteroatoms. The standard InChI is InChI=1S/C11H16O2/c1-5-11-9(2,3)6-8(12)7-10(11,4)13-11/h1,8,12H,6-7H2,2-4H3/t8-,10+,11-/m0/s1. The smallest absolute Gasteiger partial charge is 0.162 e. The van der Waals surface area contributed by atoms with Gasteiger partial charge in [-0.15, -0.1) is 6.42 Å². The molecule has 1 aliphatic heterocycles. The molecule has 0 radical (unpaired) electrons. The Labute approximate surface area is 79.3 Å². The van der Waals surface area contributed by atoms with Gasteiger partial charge >= 0.3 is 0 Å². The van der Waals surface area contributed by atoms with Gasteiger partial charge in [0.25, 0.3) is 0 Å². The molecule has 2 rings (SSSR count). The highest BCUT2D eigenvalue weighted by atomic mass is 16.6. The van der Waals surface area contributed by atoms with E-state index in [4.69, 9.17) is 11.2 Å². The zero-order chi connectivity index (χ0) is 9.91. The van der Waals surface area contributed by atoms with Crippen molar-refractivity contribution in [2.45, 2.75) is 50.9 Å². The van der Waals surface area contributed by atoms with E-state index in [0.717, 1.165) is 6.42 Å². The van der Waals surface area contributed by atoms with Crippen LogP contribution in [0.1, 0.15) is 33.6 Å². The molecule has 1 saturated carbocycles. The van der Waals surface area contributed by atoms with Crippen molar-refractivity contribution < 1.29 is 9.84 Å². The average Bonchev–Trinajstić information content (AvgIpc) is 2.55. The summed E-state index contributed by atoms with van der Waals surface area (Å²) in [7, 11) is 0. The van der Waals surface area contributed by atoms with Crippen LogP contribution >= 0.6 is 0 Å². The Hall–Kier alpha value is -0.520. The van der Waals surface area contributed by atoms with E-state index in [0.29, 0.717) is 6.42 Å². The van der Waals surface area contributed by atoms with Crippen molar-refractivity contribution in [1.82, 2.24) is 0 Å². The van der Waals surface area contributed by atoms with E-state index in [1.165, 1.54) is 0 Å². The SMILES string of the molecule is C#C[C@@]12O[C@]1(C)C[C@@H](O)CC2(C)C. The summed E-state index contributed by atoms with van der Waals surface area (Å²) in [6, 6.07) is 0. The quantitative estimate of drug-likeness (QED) is 0.450. The van der Waals surface area contributed by atoms with Gasteiger partial charge in [-0.05, 0) is 13.3 Å². The number of fused-ring (bicyclic) bond motifs is 1. The zero-order valence-electron chi connectivity index (χ0n) is 8.42. The van der Waals surface area contributed by atoms with E-state index in [9.17, 15) is 5.11 Å². The predicted molar refractivity (Wildman–Crippen MR) is 50.1 cm³/mol. The molecule has 13 heavy (non-hydrogen) atoms. The highest BCUT2D eigenvalue weighted by Gasteiger charge is 2.75. The van der Waals surface area contributed by atoms with E-state index in [2.05, 4.69) is 19.8 Å². The first kappa shape index (κ1) is 9.05. The summed E-state index contributed by atoms with van der Waals surface area (Å²) in [4.78, 5) is 0. The molecule has 0 bridgehead atoms. The van der Waals surface area contributed by atoms with Crippen molar-refractivity contribution in [2.75, 3.05) is 0 Å². The monoisotopic (exact) mass is 180 g/mol. The first-order valence-corrected chi connectivity index (χ1v) is 4.73. The number of rotatable bonds is 0. The minimum absolute atomic E-state index is 0.117. The van der Waals surface area contributed by atoms with Crippen LogP contribution in [0.4, 0.5) is 0 Å².